The summed E-state index contributed by atoms with van der Waals surface area (Å²) in [5.74, 6) is -1.04. The van der Waals surface area contributed by atoms with Crippen molar-refractivity contribution in [3.63, 3.8) is 0 Å². The number of fused-ring (bicyclic) bond motifs is 1. The number of hydrogen-bond donors (Lipinski definition) is 2. The minimum absolute atomic E-state index is 0.0569. The topological polar surface area (TPSA) is 88.4 Å². The lowest BCUT2D eigenvalue weighted by atomic mass is 9.97. The second-order valence-electron chi connectivity index (χ2n) is 7.76. The van der Waals surface area contributed by atoms with Crippen LogP contribution >= 0.6 is 0 Å². The van der Waals surface area contributed by atoms with Crippen molar-refractivity contribution < 1.29 is 24.6 Å². The molecule has 1 aliphatic rings. The van der Waals surface area contributed by atoms with E-state index in [-0.39, 0.29) is 29.6 Å². The number of phenolic OH excluding ortho intramolecular Hbond substituents is 2. The molecule has 0 spiro atoms. The molecule has 1 aliphatic heterocycles. The highest BCUT2D eigenvalue weighted by Gasteiger charge is 2.22. The molecule has 164 valence electrons. The summed E-state index contributed by atoms with van der Waals surface area (Å²) < 4.78 is 5.51. The third-order valence-corrected chi connectivity index (χ3v) is 5.08. The highest BCUT2D eigenvalue weighted by atomic mass is 16.6. The van der Waals surface area contributed by atoms with E-state index in [2.05, 4.69) is 11.2 Å². The van der Waals surface area contributed by atoms with Crippen LogP contribution in [0.4, 0.5) is 0 Å². The maximum absolute atomic E-state index is 12.8. The van der Waals surface area contributed by atoms with E-state index in [9.17, 15) is 15.0 Å². The first-order valence-corrected chi connectivity index (χ1v) is 10.7. The first kappa shape index (κ1) is 22.4. The Morgan fingerprint density at radius 1 is 1.13 bits per heavy atom. The van der Waals surface area contributed by atoms with E-state index in [1.54, 1.807) is 0 Å². The van der Waals surface area contributed by atoms with Crippen LogP contribution in [0.25, 0.3) is 0 Å². The van der Waals surface area contributed by atoms with Gasteiger partial charge in [-0.2, -0.15) is 0 Å². The number of allylic oxidation sites excluding steroid dienone is 1. The summed E-state index contributed by atoms with van der Waals surface area (Å²) in [5.41, 5.74) is 2.26. The molecule has 1 atom stereocenters. The lowest BCUT2D eigenvalue weighted by molar-refractivity contribution is 0.0343. The van der Waals surface area contributed by atoms with Crippen LogP contribution in [0.15, 0.2) is 59.8 Å². The van der Waals surface area contributed by atoms with Gasteiger partial charge in [0.2, 0.25) is 0 Å². The van der Waals surface area contributed by atoms with E-state index in [1.165, 1.54) is 6.07 Å². The number of esters is 1. The van der Waals surface area contributed by atoms with Crippen LogP contribution in [0.5, 0.6) is 11.5 Å². The van der Waals surface area contributed by atoms with Crippen molar-refractivity contribution in [2.45, 2.75) is 58.2 Å². The van der Waals surface area contributed by atoms with Gasteiger partial charge in [-0.05, 0) is 49.8 Å². The second-order valence-corrected chi connectivity index (χ2v) is 7.76. The second kappa shape index (κ2) is 11.2. The molecule has 0 amide bonds. The smallest absolute Gasteiger partial charge is 0.342 e. The summed E-state index contributed by atoms with van der Waals surface area (Å²) in [6.07, 6.45) is 8.21. The molecule has 0 aliphatic carbocycles. The minimum atomic E-state index is -0.616. The van der Waals surface area contributed by atoms with Gasteiger partial charge in [0, 0.05) is 18.9 Å². The summed E-state index contributed by atoms with van der Waals surface area (Å²) in [7, 11) is 0. The van der Waals surface area contributed by atoms with E-state index in [0.717, 1.165) is 36.6 Å². The Hall–Kier alpha value is -3.28. The number of oxime groups is 1. The predicted octanol–water partition coefficient (Wildman–Crippen LogP) is 5.28. The van der Waals surface area contributed by atoms with Crippen LogP contribution in [0.2, 0.25) is 0 Å². The van der Waals surface area contributed by atoms with Gasteiger partial charge in [-0.15, -0.1) is 0 Å². The van der Waals surface area contributed by atoms with Gasteiger partial charge in [-0.3, -0.25) is 0 Å². The fourth-order valence-corrected chi connectivity index (χ4v) is 3.49. The van der Waals surface area contributed by atoms with Crippen LogP contribution in [0.1, 0.15) is 60.5 Å². The molecular weight excluding hydrogens is 394 g/mol. The van der Waals surface area contributed by atoms with Crippen molar-refractivity contribution in [3.8, 4) is 11.5 Å². The summed E-state index contributed by atoms with van der Waals surface area (Å²) in [6.45, 7) is 2.15. The van der Waals surface area contributed by atoms with E-state index in [4.69, 9.17) is 9.57 Å². The van der Waals surface area contributed by atoms with E-state index in [0.29, 0.717) is 25.0 Å². The first-order valence-electron chi connectivity index (χ1n) is 10.7. The lowest BCUT2D eigenvalue weighted by Gasteiger charge is -2.16. The molecule has 0 aromatic heterocycles. The highest BCUT2D eigenvalue weighted by molar-refractivity contribution is 5.97. The fraction of sp³-hybridized carbons (Fsp3) is 0.360. The van der Waals surface area contributed by atoms with Crippen molar-refractivity contribution in [1.29, 1.82) is 0 Å². The van der Waals surface area contributed by atoms with E-state index >= 15 is 0 Å². The van der Waals surface area contributed by atoms with E-state index in [1.807, 2.05) is 43.3 Å². The summed E-state index contributed by atoms with van der Waals surface area (Å²) in [6, 6.07) is 12.4. The third-order valence-electron chi connectivity index (χ3n) is 5.08. The van der Waals surface area contributed by atoms with Gasteiger partial charge >= 0.3 is 5.97 Å². The van der Waals surface area contributed by atoms with Crippen molar-refractivity contribution in [2.24, 2.45) is 5.16 Å². The molecule has 2 aromatic rings. The van der Waals surface area contributed by atoms with Gasteiger partial charge in [0.25, 0.3) is 0 Å². The standard InChI is InChI=1S/C25H29NO5/c1-18-10-6-3-2-4-9-13-21(26-30-17-19-11-7-5-8-12-19)14-20-15-22(27)16-23(28)24(20)25(29)31-18/h3,5-8,11-12,15-16,18,27-28H,2,4,9-10,13-14,17H2,1H3/b6-3+,26-21+. The van der Waals surface area contributed by atoms with Gasteiger partial charge in [0.15, 0.2) is 0 Å². The largest absolute Gasteiger partial charge is 0.508 e. The Morgan fingerprint density at radius 2 is 1.94 bits per heavy atom. The molecule has 0 saturated carbocycles. The molecular formula is C25H29NO5. The number of rotatable bonds is 3. The zero-order chi connectivity index (χ0) is 22.1. The van der Waals surface area contributed by atoms with Gasteiger partial charge in [-0.25, -0.2) is 4.79 Å². The quantitative estimate of drug-likeness (QED) is 0.398. The van der Waals surface area contributed by atoms with Gasteiger partial charge in [-0.1, -0.05) is 47.6 Å². The SMILES string of the molecule is CC1C/C=C/CCCC/C(=N\OCc2ccccc2)Cc2cc(O)cc(O)c2C(=O)O1. The third kappa shape index (κ3) is 6.88. The normalized spacial score (nSPS) is 20.4. The van der Waals surface area contributed by atoms with Crippen LogP contribution in [0, 0.1) is 0 Å². The maximum atomic E-state index is 12.8. The lowest BCUT2D eigenvalue weighted by Crippen LogP contribution is -2.17. The molecule has 0 saturated heterocycles. The van der Waals surface area contributed by atoms with Crippen LogP contribution < -0.4 is 0 Å². The zero-order valence-electron chi connectivity index (χ0n) is 17.8. The Kier molecular flexibility index (Phi) is 8.10. The molecule has 6 nitrogen and oxygen atoms in total. The van der Waals surface area contributed by atoms with Crippen LogP contribution in [-0.4, -0.2) is 28.0 Å². The van der Waals surface area contributed by atoms with Gasteiger partial charge in [0.1, 0.15) is 29.8 Å². The number of ether oxygens (including phenoxy) is 1. The van der Waals surface area contributed by atoms with Crippen LogP contribution in [-0.2, 0) is 22.6 Å². The summed E-state index contributed by atoms with van der Waals surface area (Å²) >= 11 is 0. The molecule has 0 bridgehead atoms. The van der Waals surface area contributed by atoms with Crippen molar-refractivity contribution >= 4 is 11.7 Å². The van der Waals surface area contributed by atoms with Gasteiger partial charge in [0.05, 0.1) is 5.71 Å². The monoisotopic (exact) mass is 423 g/mol. The molecule has 1 heterocycles. The number of phenols is 2. The Bertz CT molecular complexity index is 936. The zero-order valence-corrected chi connectivity index (χ0v) is 17.8. The summed E-state index contributed by atoms with van der Waals surface area (Å²) in [5, 5.41) is 24.7. The van der Waals surface area contributed by atoms with Crippen molar-refractivity contribution in [3.05, 3.63) is 71.3 Å². The number of carbonyl (C=O) groups is 1. The molecule has 2 aromatic carbocycles. The van der Waals surface area contributed by atoms with Crippen molar-refractivity contribution in [2.75, 3.05) is 0 Å². The molecule has 2 N–H and O–H groups in total. The average Bonchev–Trinajstić information content (AvgIpc) is 2.72. The average molecular weight is 424 g/mol. The Morgan fingerprint density at radius 3 is 2.74 bits per heavy atom. The Labute approximate surface area is 182 Å². The number of benzene rings is 2. The first-order chi connectivity index (χ1) is 15.0. The molecule has 0 fully saturated rings. The van der Waals surface area contributed by atoms with Crippen molar-refractivity contribution in [1.82, 2.24) is 0 Å². The maximum Gasteiger partial charge on any atom is 0.342 e. The number of cyclic esters (lactones) is 1. The molecule has 1 unspecified atom stereocenters. The molecule has 31 heavy (non-hydrogen) atoms. The summed E-state index contributed by atoms with van der Waals surface area (Å²) in [4.78, 5) is 18.3. The molecule has 0 radical (unpaired) electrons. The fourth-order valence-electron chi connectivity index (χ4n) is 3.49. The number of aromatic hydroxyl groups is 2. The predicted molar refractivity (Wildman–Crippen MR) is 119 cm³/mol. The molecule has 6 heteroatoms. The number of nitrogens with zero attached hydrogens (tertiary/aromatic N) is 1. The van der Waals surface area contributed by atoms with Gasteiger partial charge < -0.3 is 19.8 Å². The minimum Gasteiger partial charge on any atom is -0.508 e. The Balaban J connectivity index is 1.87. The van der Waals surface area contributed by atoms with Crippen LogP contribution in [0.3, 0.4) is 0 Å². The number of carbonyl (C=O) groups excluding carboxylic acids is 1. The highest BCUT2D eigenvalue weighted by Crippen LogP contribution is 2.30. The van der Waals surface area contributed by atoms with E-state index < -0.39 is 5.97 Å². The molecule has 3 rings (SSSR count). The number of hydrogen-bond acceptors (Lipinski definition) is 6.